The van der Waals surface area contributed by atoms with E-state index in [0.717, 1.165) is 10.9 Å². The highest BCUT2D eigenvalue weighted by Crippen LogP contribution is 2.10. The van der Waals surface area contributed by atoms with Gasteiger partial charge in [-0.05, 0) is 44.0 Å². The van der Waals surface area contributed by atoms with Crippen molar-refractivity contribution in [2.24, 2.45) is 4.99 Å². The number of benzene rings is 1. The van der Waals surface area contributed by atoms with Gasteiger partial charge in [-0.25, -0.2) is 8.42 Å². The minimum Gasteiger partial charge on any atom is -0.356 e. The lowest BCUT2D eigenvalue weighted by Gasteiger charge is -2.17. The Hall–Kier alpha value is -1.61. The lowest BCUT2D eigenvalue weighted by Crippen LogP contribution is -2.43. The summed E-state index contributed by atoms with van der Waals surface area (Å²) in [6.45, 7) is 3.10. The summed E-state index contributed by atoms with van der Waals surface area (Å²) in [7, 11) is -1.30. The number of hydrogen-bond acceptors (Lipinski definition) is 4. The zero-order valence-corrected chi connectivity index (χ0v) is 17.8. The summed E-state index contributed by atoms with van der Waals surface area (Å²) < 4.78 is 23.3. The van der Waals surface area contributed by atoms with Crippen LogP contribution >= 0.6 is 15.9 Å². The number of carbonyl (C=O) groups is 1. The smallest absolute Gasteiger partial charge is 0.251 e. The summed E-state index contributed by atoms with van der Waals surface area (Å²) in [5.41, 5.74) is 0.623. The Kier molecular flexibility index (Phi) is 9.64. The van der Waals surface area contributed by atoms with Gasteiger partial charge in [0, 0.05) is 42.5 Å². The van der Waals surface area contributed by atoms with Gasteiger partial charge in [-0.1, -0.05) is 15.9 Å². The van der Waals surface area contributed by atoms with Crippen LogP contribution in [0.4, 0.5) is 0 Å². The molecule has 146 valence electrons. The third-order valence-corrected chi connectivity index (χ3v) is 5.07. The quantitative estimate of drug-likeness (QED) is 0.303. The van der Waals surface area contributed by atoms with Gasteiger partial charge in [0.05, 0.1) is 5.75 Å². The average molecular weight is 447 g/mol. The first-order chi connectivity index (χ1) is 12.2. The fourth-order valence-corrected chi connectivity index (χ4v) is 3.14. The molecule has 1 rings (SSSR count). The third kappa shape index (κ3) is 9.76. The van der Waals surface area contributed by atoms with E-state index in [1.165, 1.54) is 6.26 Å². The normalized spacial score (nSPS) is 13.2. The van der Waals surface area contributed by atoms with Gasteiger partial charge >= 0.3 is 0 Å². The number of carbonyl (C=O) groups excluding carboxylic acids is 1. The molecule has 1 aromatic rings. The highest BCUT2D eigenvalue weighted by Gasteiger charge is 2.09. The molecule has 0 fully saturated rings. The van der Waals surface area contributed by atoms with Crippen LogP contribution in [0.25, 0.3) is 0 Å². The van der Waals surface area contributed by atoms with Crippen LogP contribution in [0.2, 0.25) is 0 Å². The number of guanidine groups is 1. The number of nitrogens with one attached hydrogen (secondary N) is 3. The number of sulfone groups is 1. The summed E-state index contributed by atoms with van der Waals surface area (Å²) in [4.78, 5) is 16.1. The van der Waals surface area contributed by atoms with Crippen LogP contribution in [0.3, 0.4) is 0 Å². The number of aliphatic imine (C=N–C) groups is 1. The van der Waals surface area contributed by atoms with Gasteiger partial charge in [0.1, 0.15) is 9.84 Å². The second kappa shape index (κ2) is 11.2. The lowest BCUT2D eigenvalue weighted by molar-refractivity contribution is 0.0953. The van der Waals surface area contributed by atoms with E-state index in [1.807, 2.05) is 19.1 Å². The molecule has 0 aliphatic carbocycles. The monoisotopic (exact) mass is 446 g/mol. The molecule has 0 bridgehead atoms. The Balaban J connectivity index is 2.24. The maximum Gasteiger partial charge on any atom is 0.251 e. The van der Waals surface area contributed by atoms with E-state index < -0.39 is 9.84 Å². The van der Waals surface area contributed by atoms with Gasteiger partial charge in [-0.2, -0.15) is 0 Å². The molecule has 7 nitrogen and oxygen atoms in total. The first-order valence-corrected chi connectivity index (χ1v) is 11.3. The zero-order valence-electron chi connectivity index (χ0n) is 15.4. The van der Waals surface area contributed by atoms with Gasteiger partial charge in [-0.3, -0.25) is 9.79 Å². The van der Waals surface area contributed by atoms with Crippen molar-refractivity contribution < 1.29 is 13.2 Å². The van der Waals surface area contributed by atoms with Gasteiger partial charge in [-0.15, -0.1) is 0 Å². The van der Waals surface area contributed by atoms with E-state index in [2.05, 4.69) is 36.9 Å². The highest BCUT2D eigenvalue weighted by atomic mass is 79.9. The molecule has 26 heavy (non-hydrogen) atoms. The van der Waals surface area contributed by atoms with Crippen molar-refractivity contribution in [3.05, 3.63) is 34.3 Å². The number of halogens is 1. The SMILES string of the molecule is CN=C(NCCCNC(=O)c1ccc(Br)cc1)NC(C)CCS(C)(=O)=O. The summed E-state index contributed by atoms with van der Waals surface area (Å²) in [5.74, 6) is 0.653. The average Bonchev–Trinajstić information content (AvgIpc) is 2.58. The Morgan fingerprint density at radius 2 is 1.81 bits per heavy atom. The largest absolute Gasteiger partial charge is 0.356 e. The molecule has 0 aliphatic heterocycles. The molecule has 0 aliphatic rings. The summed E-state index contributed by atoms with van der Waals surface area (Å²) in [5, 5.41) is 9.17. The molecule has 1 amide bonds. The molecule has 0 saturated carbocycles. The van der Waals surface area contributed by atoms with Crippen LogP contribution < -0.4 is 16.0 Å². The highest BCUT2D eigenvalue weighted by molar-refractivity contribution is 9.10. The molecule has 9 heteroatoms. The van der Waals surface area contributed by atoms with Crippen LogP contribution in [0, 0.1) is 0 Å². The molecule has 1 unspecified atom stereocenters. The Labute approximate surface area is 164 Å². The van der Waals surface area contributed by atoms with Crippen LogP contribution in [0.1, 0.15) is 30.1 Å². The Morgan fingerprint density at radius 3 is 2.38 bits per heavy atom. The number of nitrogens with zero attached hydrogens (tertiary/aromatic N) is 1. The Bertz CT molecular complexity index is 705. The number of amides is 1. The molecule has 0 spiro atoms. The lowest BCUT2D eigenvalue weighted by atomic mass is 10.2. The first kappa shape index (κ1) is 22.4. The molecule has 0 heterocycles. The van der Waals surface area contributed by atoms with Gasteiger partial charge in [0.2, 0.25) is 0 Å². The minimum absolute atomic E-state index is 0.00645. The molecule has 1 atom stereocenters. The fourth-order valence-electron chi connectivity index (χ4n) is 2.09. The van der Waals surface area contributed by atoms with Crippen molar-refractivity contribution in [2.75, 3.05) is 32.1 Å². The van der Waals surface area contributed by atoms with Crippen LogP contribution in [0.15, 0.2) is 33.7 Å². The van der Waals surface area contributed by atoms with Gasteiger partial charge in [0.15, 0.2) is 5.96 Å². The predicted molar refractivity (Wildman–Crippen MR) is 109 cm³/mol. The number of rotatable bonds is 9. The van der Waals surface area contributed by atoms with E-state index in [1.54, 1.807) is 19.2 Å². The number of hydrogen-bond donors (Lipinski definition) is 3. The fraction of sp³-hybridized carbons (Fsp3) is 0.529. The van der Waals surface area contributed by atoms with Crippen molar-refractivity contribution >= 4 is 37.6 Å². The Morgan fingerprint density at radius 1 is 1.19 bits per heavy atom. The second-order valence-electron chi connectivity index (χ2n) is 6.08. The van der Waals surface area contributed by atoms with Crippen LogP contribution in [0.5, 0.6) is 0 Å². The predicted octanol–water partition coefficient (Wildman–Crippen LogP) is 1.56. The summed E-state index contributed by atoms with van der Waals surface area (Å²) in [6.07, 6.45) is 2.48. The molecule has 1 aromatic carbocycles. The standard InChI is InChI=1S/C17H27BrN4O3S/c1-13(9-12-26(3,24)25)22-17(19-2)21-11-4-10-20-16(23)14-5-7-15(18)8-6-14/h5-8,13H,4,9-12H2,1-3H3,(H,20,23)(H2,19,21,22). The van der Waals surface area contributed by atoms with Gasteiger partial charge < -0.3 is 16.0 Å². The first-order valence-electron chi connectivity index (χ1n) is 8.40. The second-order valence-corrected chi connectivity index (χ2v) is 9.25. The van der Waals surface area contributed by atoms with Crippen LogP contribution in [-0.2, 0) is 9.84 Å². The van der Waals surface area contributed by atoms with Gasteiger partial charge in [0.25, 0.3) is 5.91 Å². The van der Waals surface area contributed by atoms with E-state index in [0.29, 0.717) is 31.0 Å². The molecular weight excluding hydrogens is 420 g/mol. The zero-order chi connectivity index (χ0) is 19.6. The van der Waals surface area contributed by atoms with Crippen LogP contribution in [-0.4, -0.2) is 58.5 Å². The topological polar surface area (TPSA) is 99.7 Å². The minimum atomic E-state index is -2.96. The molecular formula is C17H27BrN4O3S. The third-order valence-electron chi connectivity index (χ3n) is 3.57. The summed E-state index contributed by atoms with van der Waals surface area (Å²) >= 11 is 3.34. The van der Waals surface area contributed by atoms with E-state index in [4.69, 9.17) is 0 Å². The van der Waals surface area contributed by atoms with Crippen molar-refractivity contribution in [3.63, 3.8) is 0 Å². The molecule has 3 N–H and O–H groups in total. The molecule has 0 aromatic heterocycles. The van der Waals surface area contributed by atoms with Crippen molar-refractivity contribution in [1.29, 1.82) is 0 Å². The van der Waals surface area contributed by atoms with Crippen molar-refractivity contribution in [3.8, 4) is 0 Å². The van der Waals surface area contributed by atoms with E-state index in [-0.39, 0.29) is 17.7 Å². The van der Waals surface area contributed by atoms with E-state index >= 15 is 0 Å². The maximum absolute atomic E-state index is 12.0. The maximum atomic E-state index is 12.0. The van der Waals surface area contributed by atoms with E-state index in [9.17, 15) is 13.2 Å². The van der Waals surface area contributed by atoms with Crippen molar-refractivity contribution in [2.45, 2.75) is 25.8 Å². The van der Waals surface area contributed by atoms with Crippen molar-refractivity contribution in [1.82, 2.24) is 16.0 Å². The molecule has 0 saturated heterocycles. The molecule has 0 radical (unpaired) electrons. The summed E-state index contributed by atoms with van der Waals surface area (Å²) in [6, 6.07) is 7.18.